The molecule has 0 aromatic heterocycles. The van der Waals surface area contributed by atoms with Crippen molar-refractivity contribution in [1.82, 2.24) is 0 Å². The third-order valence-electron chi connectivity index (χ3n) is 8.48. The molecule has 2 fully saturated rings. The minimum atomic E-state index is -0.138. The highest BCUT2D eigenvalue weighted by Crippen LogP contribution is 2.73. The fourth-order valence-corrected chi connectivity index (χ4v) is 11.0. The molecule has 1 aliphatic heterocycles. The molecule has 1 aromatic rings. The van der Waals surface area contributed by atoms with Crippen molar-refractivity contribution in [3.8, 4) is 0 Å². The zero-order chi connectivity index (χ0) is 23.4. The van der Waals surface area contributed by atoms with Gasteiger partial charge in [-0.1, -0.05) is 62.9 Å². The molecule has 1 heterocycles. The van der Waals surface area contributed by atoms with Gasteiger partial charge in [-0.3, -0.25) is 0 Å². The van der Waals surface area contributed by atoms with Crippen LogP contribution in [0.4, 0.5) is 5.69 Å². The first kappa shape index (κ1) is 24.4. The summed E-state index contributed by atoms with van der Waals surface area (Å²) in [6.07, 6.45) is 16.6. The summed E-state index contributed by atoms with van der Waals surface area (Å²) in [5.74, 6) is 1.48. The van der Waals surface area contributed by atoms with Crippen LogP contribution in [-0.2, 0) is 5.16 Å². The van der Waals surface area contributed by atoms with Gasteiger partial charge in [0.25, 0.3) is 0 Å². The average Bonchev–Trinajstić information content (AvgIpc) is 3.20. The zero-order valence-corrected chi connectivity index (χ0v) is 21.7. The van der Waals surface area contributed by atoms with Crippen LogP contribution in [0.15, 0.2) is 64.9 Å². The van der Waals surface area contributed by atoms with E-state index in [0.717, 1.165) is 18.3 Å². The van der Waals surface area contributed by atoms with E-state index in [1.54, 1.807) is 22.3 Å². The predicted octanol–water partition coefficient (Wildman–Crippen LogP) is 8.02. The van der Waals surface area contributed by atoms with Gasteiger partial charge in [0, 0.05) is 24.9 Å². The molecule has 2 aliphatic carbocycles. The molecule has 4 atom stereocenters. The van der Waals surface area contributed by atoms with Crippen molar-refractivity contribution in [2.45, 2.75) is 63.4 Å². The summed E-state index contributed by atoms with van der Waals surface area (Å²) in [7, 11) is 4.10. The number of anilines is 1. The van der Waals surface area contributed by atoms with Crippen molar-refractivity contribution in [2.75, 3.05) is 37.9 Å². The monoisotopic (exact) mass is 464 g/mol. The molecule has 0 spiro atoms. The molecule has 4 heteroatoms. The van der Waals surface area contributed by atoms with E-state index in [2.05, 4.69) is 68.0 Å². The fraction of sp³-hybridized carbons (Fsp3) is 0.586. The second kappa shape index (κ2) is 10.7. The highest BCUT2D eigenvalue weighted by atomic mass is 31.1. The second-order valence-corrected chi connectivity index (χ2v) is 13.1. The van der Waals surface area contributed by atoms with Gasteiger partial charge < -0.3 is 4.90 Å². The Hall–Kier alpha value is -1.73. The van der Waals surface area contributed by atoms with Gasteiger partial charge in [0.05, 0.1) is 6.54 Å². The van der Waals surface area contributed by atoms with Crippen molar-refractivity contribution in [3.05, 3.63) is 70.2 Å². The van der Waals surface area contributed by atoms with Crippen molar-refractivity contribution in [2.24, 2.45) is 17.0 Å². The summed E-state index contributed by atoms with van der Waals surface area (Å²) < 4.78 is 0. The van der Waals surface area contributed by atoms with E-state index in [1.165, 1.54) is 63.0 Å². The molecular weight excluding hydrogens is 423 g/mol. The average molecular weight is 465 g/mol. The molecule has 4 unspecified atom stereocenters. The van der Waals surface area contributed by atoms with Crippen molar-refractivity contribution in [3.63, 3.8) is 0 Å². The maximum atomic E-state index is 10.8. The summed E-state index contributed by atoms with van der Waals surface area (Å²) in [5, 5.41) is 3.50. The first-order valence-electron chi connectivity index (χ1n) is 12.9. The van der Waals surface area contributed by atoms with E-state index in [-0.39, 0.29) is 7.92 Å². The number of hydrogen-bond acceptors (Lipinski definition) is 3. The molecule has 33 heavy (non-hydrogen) atoms. The normalized spacial score (nSPS) is 30.2. The first-order chi connectivity index (χ1) is 16.1. The lowest BCUT2D eigenvalue weighted by Crippen LogP contribution is -2.41. The Balaban J connectivity index is 1.75. The largest absolute Gasteiger partial charge is 0.378 e. The molecule has 4 rings (SSSR count). The Bertz CT molecular complexity index is 916. The lowest BCUT2D eigenvalue weighted by molar-refractivity contribution is 0.221. The molecule has 3 nitrogen and oxygen atoms in total. The Morgan fingerprint density at radius 3 is 2.67 bits per heavy atom. The van der Waals surface area contributed by atoms with E-state index < -0.39 is 0 Å². The quantitative estimate of drug-likeness (QED) is 0.211. The smallest absolute Gasteiger partial charge is 0.0814 e. The summed E-state index contributed by atoms with van der Waals surface area (Å²) in [6, 6.07) is 9.52. The molecule has 1 saturated carbocycles. The van der Waals surface area contributed by atoms with Gasteiger partial charge in [-0.2, -0.15) is 4.91 Å². The number of allylic oxidation sites excluding steroid dienone is 5. The minimum absolute atomic E-state index is 0.138. The lowest BCUT2D eigenvalue weighted by Gasteiger charge is -2.51. The summed E-state index contributed by atoms with van der Waals surface area (Å²) in [6.45, 7) is 6.79. The topological polar surface area (TPSA) is 32.7 Å². The fourth-order valence-electron chi connectivity index (χ4n) is 7.14. The Morgan fingerprint density at radius 2 is 2.00 bits per heavy atom. The SMILES string of the molecule is C=C/C=C1/CCC2C(=C1CCC)CCC1(c3ccc(N(C)C)cc3)C2CCP1CCCN=O. The third kappa shape index (κ3) is 4.51. The standard InChI is InChI=1S/C29H41N2OP/c1-5-8-22-10-15-27-26(25(22)9-6-2)16-18-29(23-11-13-24(14-12-23)31(3)4)28(27)17-21-33(29)20-7-19-30-32/h5,8,11-14,27-28H,1,6-7,9-10,15-21H2,2-4H3/b22-8-. The van der Waals surface area contributed by atoms with E-state index >= 15 is 0 Å². The van der Waals surface area contributed by atoms with Gasteiger partial charge in [-0.25, -0.2) is 0 Å². The summed E-state index contributed by atoms with van der Waals surface area (Å²) in [5.41, 5.74) is 7.86. The van der Waals surface area contributed by atoms with Gasteiger partial charge in [0.1, 0.15) is 0 Å². The number of nitrogens with zero attached hydrogens (tertiary/aromatic N) is 2. The van der Waals surface area contributed by atoms with Crippen LogP contribution >= 0.6 is 7.92 Å². The minimum Gasteiger partial charge on any atom is -0.378 e. The van der Waals surface area contributed by atoms with Crippen molar-refractivity contribution in [1.29, 1.82) is 0 Å². The molecule has 0 radical (unpaired) electrons. The molecule has 178 valence electrons. The van der Waals surface area contributed by atoms with Crippen molar-refractivity contribution < 1.29 is 0 Å². The number of benzene rings is 1. The molecule has 3 aliphatic rings. The molecule has 1 saturated heterocycles. The summed E-state index contributed by atoms with van der Waals surface area (Å²) in [4.78, 5) is 13.0. The molecule has 0 bridgehead atoms. The van der Waals surface area contributed by atoms with Gasteiger partial charge in [-0.15, -0.1) is 0 Å². The van der Waals surface area contributed by atoms with Gasteiger partial charge in [0.15, 0.2) is 0 Å². The van der Waals surface area contributed by atoms with Gasteiger partial charge in [0.2, 0.25) is 0 Å². The molecule has 0 amide bonds. The van der Waals surface area contributed by atoms with E-state index in [1.807, 2.05) is 6.08 Å². The van der Waals surface area contributed by atoms with Crippen LogP contribution in [0.3, 0.4) is 0 Å². The highest BCUT2D eigenvalue weighted by molar-refractivity contribution is 7.59. The zero-order valence-electron chi connectivity index (χ0n) is 20.9. The predicted molar refractivity (Wildman–Crippen MR) is 145 cm³/mol. The van der Waals surface area contributed by atoms with E-state index in [4.69, 9.17) is 0 Å². The number of nitroso groups, excluding NO2 is 1. The van der Waals surface area contributed by atoms with Crippen LogP contribution in [0.1, 0.15) is 63.9 Å². The van der Waals surface area contributed by atoms with Gasteiger partial charge in [-0.05, 0) is 97.9 Å². The Kier molecular flexibility index (Phi) is 7.90. The van der Waals surface area contributed by atoms with Crippen LogP contribution in [0.5, 0.6) is 0 Å². The van der Waals surface area contributed by atoms with Crippen LogP contribution < -0.4 is 4.90 Å². The lowest BCUT2D eigenvalue weighted by atomic mass is 9.60. The van der Waals surface area contributed by atoms with Crippen LogP contribution in [0, 0.1) is 16.7 Å². The first-order valence-corrected chi connectivity index (χ1v) is 14.6. The highest BCUT2D eigenvalue weighted by Gasteiger charge is 2.56. The van der Waals surface area contributed by atoms with E-state index in [0.29, 0.717) is 11.7 Å². The Morgan fingerprint density at radius 1 is 1.21 bits per heavy atom. The van der Waals surface area contributed by atoms with Gasteiger partial charge >= 0.3 is 0 Å². The molecule has 0 N–H and O–H groups in total. The molecular formula is C29H41N2OP. The number of rotatable bonds is 9. The number of hydrogen-bond donors (Lipinski definition) is 0. The van der Waals surface area contributed by atoms with Crippen LogP contribution in [-0.4, -0.2) is 33.0 Å². The van der Waals surface area contributed by atoms with Crippen LogP contribution in [0.2, 0.25) is 0 Å². The maximum absolute atomic E-state index is 10.8. The molecule has 1 aromatic carbocycles. The second-order valence-electron chi connectivity index (χ2n) is 10.3. The van der Waals surface area contributed by atoms with E-state index in [9.17, 15) is 4.91 Å². The Labute approximate surface area is 202 Å². The number of fused-ring (bicyclic) bond motifs is 3. The maximum Gasteiger partial charge on any atom is 0.0814 e. The van der Waals surface area contributed by atoms with Crippen molar-refractivity contribution >= 4 is 13.6 Å². The third-order valence-corrected chi connectivity index (χ3v) is 12.1. The summed E-state index contributed by atoms with van der Waals surface area (Å²) >= 11 is 0. The van der Waals surface area contributed by atoms with Crippen LogP contribution in [0.25, 0.3) is 0 Å².